The van der Waals surface area contributed by atoms with E-state index in [1.54, 1.807) is 12.1 Å². The molecule has 0 saturated heterocycles. The summed E-state index contributed by atoms with van der Waals surface area (Å²) in [5, 5.41) is 8.99. The van der Waals surface area contributed by atoms with Gasteiger partial charge in [-0.15, -0.1) is 0 Å². The average molecular weight is 229 g/mol. The Morgan fingerprint density at radius 3 is 2.67 bits per heavy atom. The number of nitrogens with one attached hydrogen (secondary N) is 1. The summed E-state index contributed by atoms with van der Waals surface area (Å²) >= 11 is 0. The van der Waals surface area contributed by atoms with Gasteiger partial charge in [0.15, 0.2) is 0 Å². The highest BCUT2D eigenvalue weighted by molar-refractivity contribution is 7.89. The first-order valence-electron chi connectivity index (χ1n) is 4.66. The molecule has 0 aliphatic rings. The molecule has 0 aliphatic heterocycles. The number of hydrogen-bond donors (Lipinski definition) is 2. The molecule has 4 nitrogen and oxygen atoms in total. The van der Waals surface area contributed by atoms with Crippen LogP contribution in [0.15, 0.2) is 29.2 Å². The van der Waals surface area contributed by atoms with Crippen LogP contribution in [0.5, 0.6) is 0 Å². The first-order valence-corrected chi connectivity index (χ1v) is 6.14. The van der Waals surface area contributed by atoms with Gasteiger partial charge in [-0.3, -0.25) is 0 Å². The molecular weight excluding hydrogens is 214 g/mol. The van der Waals surface area contributed by atoms with E-state index in [9.17, 15) is 8.42 Å². The van der Waals surface area contributed by atoms with Crippen molar-refractivity contribution in [1.82, 2.24) is 4.72 Å². The van der Waals surface area contributed by atoms with E-state index in [0.29, 0.717) is 0 Å². The quantitative estimate of drug-likeness (QED) is 0.797. The lowest BCUT2D eigenvalue weighted by molar-refractivity contribution is 0.198. The third-order valence-corrected chi connectivity index (χ3v) is 3.29. The largest absolute Gasteiger partial charge is 0.392 e. The molecule has 0 aromatic heterocycles. The van der Waals surface area contributed by atoms with Gasteiger partial charge in [0, 0.05) is 6.54 Å². The fourth-order valence-electron chi connectivity index (χ4n) is 1.10. The van der Waals surface area contributed by atoms with E-state index in [0.717, 1.165) is 5.56 Å². The van der Waals surface area contributed by atoms with Gasteiger partial charge in [-0.1, -0.05) is 12.1 Å². The van der Waals surface area contributed by atoms with Crippen molar-refractivity contribution in [1.29, 1.82) is 0 Å². The number of hydrogen-bond acceptors (Lipinski definition) is 3. The Labute approximate surface area is 90.0 Å². The molecule has 0 unspecified atom stereocenters. The Morgan fingerprint density at radius 2 is 2.13 bits per heavy atom. The predicted molar refractivity (Wildman–Crippen MR) is 58.0 cm³/mol. The van der Waals surface area contributed by atoms with Crippen LogP contribution in [0, 0.1) is 6.92 Å². The second-order valence-corrected chi connectivity index (χ2v) is 5.28. The fourth-order valence-corrected chi connectivity index (χ4v) is 2.32. The lowest BCUT2D eigenvalue weighted by atomic mass is 10.2. The zero-order valence-electron chi connectivity index (χ0n) is 8.77. The number of aliphatic hydroxyl groups excluding tert-OH is 1. The third-order valence-electron chi connectivity index (χ3n) is 1.87. The van der Waals surface area contributed by atoms with Crippen molar-refractivity contribution in [2.45, 2.75) is 24.8 Å². The molecule has 84 valence electrons. The highest BCUT2D eigenvalue weighted by Crippen LogP contribution is 2.10. The summed E-state index contributed by atoms with van der Waals surface area (Å²) in [4.78, 5) is 0.225. The molecule has 15 heavy (non-hydrogen) atoms. The van der Waals surface area contributed by atoms with E-state index in [-0.39, 0.29) is 11.4 Å². The smallest absolute Gasteiger partial charge is 0.240 e. The molecule has 0 heterocycles. The minimum Gasteiger partial charge on any atom is -0.392 e. The van der Waals surface area contributed by atoms with Crippen LogP contribution in [0.2, 0.25) is 0 Å². The summed E-state index contributed by atoms with van der Waals surface area (Å²) in [5.74, 6) is 0. The van der Waals surface area contributed by atoms with E-state index in [2.05, 4.69) is 4.72 Å². The van der Waals surface area contributed by atoms with Crippen LogP contribution in [0.1, 0.15) is 12.5 Å². The number of aliphatic hydroxyl groups is 1. The molecule has 2 N–H and O–H groups in total. The molecule has 1 atom stereocenters. The third kappa shape index (κ3) is 3.62. The predicted octanol–water partition coefficient (Wildman–Crippen LogP) is 0.654. The van der Waals surface area contributed by atoms with Crippen LogP contribution in [-0.4, -0.2) is 26.2 Å². The van der Waals surface area contributed by atoms with Crippen LogP contribution in [0.25, 0.3) is 0 Å². The molecule has 1 aromatic carbocycles. The lowest BCUT2D eigenvalue weighted by Gasteiger charge is -2.08. The van der Waals surface area contributed by atoms with E-state index >= 15 is 0 Å². The summed E-state index contributed by atoms with van der Waals surface area (Å²) in [6, 6.07) is 6.63. The van der Waals surface area contributed by atoms with Gasteiger partial charge in [0.25, 0.3) is 0 Å². The average Bonchev–Trinajstić information content (AvgIpc) is 2.15. The van der Waals surface area contributed by atoms with Crippen molar-refractivity contribution in [3.05, 3.63) is 29.8 Å². The number of benzene rings is 1. The summed E-state index contributed by atoms with van der Waals surface area (Å²) in [5.41, 5.74) is 0.884. The standard InChI is InChI=1S/C10H15NO3S/c1-8-4-3-5-10(6-8)15(13,14)11-7-9(2)12/h3-6,9,11-12H,7H2,1-2H3/t9-/m1/s1. The van der Waals surface area contributed by atoms with E-state index < -0.39 is 16.1 Å². The van der Waals surface area contributed by atoms with Gasteiger partial charge < -0.3 is 5.11 Å². The van der Waals surface area contributed by atoms with Crippen molar-refractivity contribution in [2.75, 3.05) is 6.54 Å². The maximum absolute atomic E-state index is 11.7. The second kappa shape index (κ2) is 4.74. The molecule has 0 amide bonds. The molecule has 5 heteroatoms. The maximum atomic E-state index is 11.7. The Balaban J connectivity index is 2.87. The highest BCUT2D eigenvalue weighted by Gasteiger charge is 2.13. The van der Waals surface area contributed by atoms with E-state index in [1.165, 1.54) is 13.0 Å². The van der Waals surface area contributed by atoms with Crippen LogP contribution >= 0.6 is 0 Å². The minimum atomic E-state index is -3.49. The van der Waals surface area contributed by atoms with Crippen molar-refractivity contribution >= 4 is 10.0 Å². The molecule has 0 fully saturated rings. The number of sulfonamides is 1. The van der Waals surface area contributed by atoms with Crippen LogP contribution in [0.4, 0.5) is 0 Å². The Bertz CT molecular complexity index is 426. The first kappa shape index (κ1) is 12.2. The summed E-state index contributed by atoms with van der Waals surface area (Å²) < 4.78 is 25.7. The van der Waals surface area contributed by atoms with Crippen LogP contribution in [-0.2, 0) is 10.0 Å². The SMILES string of the molecule is Cc1cccc(S(=O)(=O)NC[C@@H](C)O)c1. The molecule has 0 aliphatic carbocycles. The topological polar surface area (TPSA) is 66.4 Å². The minimum absolute atomic E-state index is 0.0241. The zero-order valence-corrected chi connectivity index (χ0v) is 9.58. The summed E-state index contributed by atoms with van der Waals surface area (Å²) in [6.07, 6.45) is -0.690. The van der Waals surface area contributed by atoms with Crippen molar-refractivity contribution in [3.8, 4) is 0 Å². The van der Waals surface area contributed by atoms with Gasteiger partial charge in [0.1, 0.15) is 0 Å². The van der Waals surface area contributed by atoms with Crippen LogP contribution in [0.3, 0.4) is 0 Å². The summed E-state index contributed by atoms with van der Waals surface area (Å²) in [7, 11) is -3.49. The number of rotatable bonds is 4. The normalized spacial score (nSPS) is 13.8. The molecule has 0 radical (unpaired) electrons. The van der Waals surface area contributed by atoms with Crippen molar-refractivity contribution in [2.24, 2.45) is 0 Å². The van der Waals surface area contributed by atoms with Gasteiger partial charge in [0.05, 0.1) is 11.0 Å². The molecule has 0 bridgehead atoms. The Morgan fingerprint density at radius 1 is 1.47 bits per heavy atom. The van der Waals surface area contributed by atoms with E-state index in [1.807, 2.05) is 13.0 Å². The van der Waals surface area contributed by atoms with Gasteiger partial charge >= 0.3 is 0 Å². The Kier molecular flexibility index (Phi) is 3.84. The molecule has 1 rings (SSSR count). The van der Waals surface area contributed by atoms with Crippen molar-refractivity contribution < 1.29 is 13.5 Å². The molecular formula is C10H15NO3S. The fraction of sp³-hybridized carbons (Fsp3) is 0.400. The Hall–Kier alpha value is -0.910. The van der Waals surface area contributed by atoms with Gasteiger partial charge in [-0.25, -0.2) is 13.1 Å². The van der Waals surface area contributed by atoms with Gasteiger partial charge in [0.2, 0.25) is 10.0 Å². The van der Waals surface area contributed by atoms with Gasteiger partial charge in [-0.05, 0) is 31.5 Å². The molecule has 0 spiro atoms. The second-order valence-electron chi connectivity index (χ2n) is 3.52. The summed E-state index contributed by atoms with van der Waals surface area (Å²) in [6.45, 7) is 3.38. The number of aryl methyl sites for hydroxylation is 1. The van der Waals surface area contributed by atoms with Crippen LogP contribution < -0.4 is 4.72 Å². The monoisotopic (exact) mass is 229 g/mol. The molecule has 0 saturated carbocycles. The maximum Gasteiger partial charge on any atom is 0.240 e. The first-order chi connectivity index (χ1) is 6.92. The highest BCUT2D eigenvalue weighted by atomic mass is 32.2. The molecule has 1 aromatic rings. The zero-order chi connectivity index (χ0) is 11.5. The van der Waals surface area contributed by atoms with Gasteiger partial charge in [-0.2, -0.15) is 0 Å². The van der Waals surface area contributed by atoms with E-state index in [4.69, 9.17) is 5.11 Å². The lowest BCUT2D eigenvalue weighted by Crippen LogP contribution is -2.30. The van der Waals surface area contributed by atoms with Crippen molar-refractivity contribution in [3.63, 3.8) is 0 Å².